The van der Waals surface area contributed by atoms with Crippen LogP contribution in [-0.4, -0.2) is 41.8 Å². The molecule has 2 unspecified atom stereocenters. The smallest absolute Gasteiger partial charge is 0.256 e. The van der Waals surface area contributed by atoms with Crippen molar-refractivity contribution >= 4 is 16.7 Å². The van der Waals surface area contributed by atoms with Crippen molar-refractivity contribution in [3.8, 4) is 11.5 Å². The van der Waals surface area contributed by atoms with Crippen LogP contribution in [0, 0.1) is 12.7 Å². The van der Waals surface area contributed by atoms with Crippen molar-refractivity contribution in [2.75, 3.05) is 25.1 Å². The van der Waals surface area contributed by atoms with Crippen LogP contribution in [0.5, 0.6) is 11.5 Å². The van der Waals surface area contributed by atoms with Crippen LogP contribution in [0.1, 0.15) is 49.2 Å². The van der Waals surface area contributed by atoms with E-state index in [2.05, 4.69) is 15.3 Å². The van der Waals surface area contributed by atoms with E-state index in [9.17, 15) is 8.78 Å². The molecule has 0 saturated heterocycles. The molecule has 3 atom stereocenters. The molecule has 1 N–H and O–H groups in total. The molecule has 34 heavy (non-hydrogen) atoms. The van der Waals surface area contributed by atoms with Crippen molar-refractivity contribution in [2.24, 2.45) is 0 Å². The maximum atomic E-state index is 15.2. The van der Waals surface area contributed by atoms with E-state index in [4.69, 9.17) is 14.2 Å². The molecule has 0 bridgehead atoms. The van der Waals surface area contributed by atoms with Crippen molar-refractivity contribution < 1.29 is 27.4 Å². The summed E-state index contributed by atoms with van der Waals surface area (Å²) in [5.74, 6) is -2.39. The molecule has 2 aromatic carbocycles. The monoisotopic (exact) mass is 473 g/mol. The minimum Gasteiger partial charge on any atom is -0.487 e. The lowest BCUT2D eigenvalue weighted by molar-refractivity contribution is 0.0546. The van der Waals surface area contributed by atoms with Crippen LogP contribution >= 0.6 is 0 Å². The van der Waals surface area contributed by atoms with Gasteiger partial charge in [0.15, 0.2) is 11.5 Å². The Morgan fingerprint density at radius 2 is 1.94 bits per heavy atom. The van der Waals surface area contributed by atoms with Gasteiger partial charge in [0.2, 0.25) is 0 Å². The molecular formula is C25H26F3N3O3. The standard InChI is InChI=1S/C25H26F3N3O3/c1-13-12-32-7-8-33-21-10-20-18(9-22(21)34-13)24(31-15(3)30-20)29-14(2)16-5-4-6-17(23(16)26)19-11-25(19,27)28/h4-6,9-10,13-14,19H,7-8,11-12H2,1-3H3,(H,29,30,31)/t13-,14?,19?/m0/s1. The maximum Gasteiger partial charge on any atom is 0.256 e. The van der Waals surface area contributed by atoms with Gasteiger partial charge in [0.1, 0.15) is 30.2 Å². The van der Waals surface area contributed by atoms with E-state index in [-0.39, 0.29) is 18.1 Å². The average Bonchev–Trinajstić information content (AvgIpc) is 3.38. The molecule has 0 spiro atoms. The lowest BCUT2D eigenvalue weighted by Crippen LogP contribution is -2.19. The third-order valence-corrected chi connectivity index (χ3v) is 6.12. The highest BCUT2D eigenvalue weighted by atomic mass is 19.3. The van der Waals surface area contributed by atoms with Gasteiger partial charge in [-0.15, -0.1) is 0 Å². The molecule has 0 radical (unpaired) electrons. The number of alkyl halides is 2. The molecule has 5 rings (SSSR count). The Bertz CT molecular complexity index is 1240. The van der Waals surface area contributed by atoms with E-state index < -0.39 is 23.7 Å². The third-order valence-electron chi connectivity index (χ3n) is 6.12. The molecule has 6 nitrogen and oxygen atoms in total. The summed E-state index contributed by atoms with van der Waals surface area (Å²) in [6.45, 7) is 6.72. The van der Waals surface area contributed by atoms with Crippen molar-refractivity contribution in [3.05, 3.63) is 53.1 Å². The number of aryl methyl sites for hydroxylation is 1. The molecule has 1 fully saturated rings. The summed E-state index contributed by atoms with van der Waals surface area (Å²) in [6, 6.07) is 7.72. The zero-order valence-corrected chi connectivity index (χ0v) is 19.2. The Balaban J connectivity index is 1.50. The average molecular weight is 473 g/mol. The number of hydrogen-bond donors (Lipinski definition) is 1. The zero-order valence-electron chi connectivity index (χ0n) is 19.2. The van der Waals surface area contributed by atoms with Crippen molar-refractivity contribution in [1.29, 1.82) is 0 Å². The molecule has 1 aliphatic heterocycles. The number of nitrogens with zero attached hydrogens (tertiary/aromatic N) is 2. The summed E-state index contributed by atoms with van der Waals surface area (Å²) in [4.78, 5) is 9.06. The summed E-state index contributed by atoms with van der Waals surface area (Å²) >= 11 is 0. The molecule has 2 heterocycles. The Labute approximate surface area is 195 Å². The van der Waals surface area contributed by atoms with E-state index in [1.165, 1.54) is 6.07 Å². The highest BCUT2D eigenvalue weighted by Crippen LogP contribution is 2.56. The quantitative estimate of drug-likeness (QED) is 0.536. The topological polar surface area (TPSA) is 65.5 Å². The van der Waals surface area contributed by atoms with Crippen LogP contribution in [0.3, 0.4) is 0 Å². The van der Waals surface area contributed by atoms with Crippen LogP contribution in [0.4, 0.5) is 19.0 Å². The van der Waals surface area contributed by atoms with Crippen molar-refractivity contribution in [3.63, 3.8) is 0 Å². The number of halogens is 3. The highest BCUT2D eigenvalue weighted by Gasteiger charge is 2.58. The minimum absolute atomic E-state index is 0.0547. The molecule has 3 aromatic rings. The van der Waals surface area contributed by atoms with Crippen LogP contribution in [0.2, 0.25) is 0 Å². The summed E-state index contributed by atoms with van der Waals surface area (Å²) in [5.41, 5.74) is 1.00. The van der Waals surface area contributed by atoms with E-state index in [1.807, 2.05) is 6.92 Å². The molecule has 0 amide bonds. The number of anilines is 1. The number of ether oxygens (including phenoxy) is 3. The third kappa shape index (κ3) is 4.36. The largest absolute Gasteiger partial charge is 0.487 e. The van der Waals surface area contributed by atoms with Crippen molar-refractivity contribution in [1.82, 2.24) is 9.97 Å². The molecule has 2 aliphatic rings. The summed E-state index contributed by atoms with van der Waals surface area (Å²) in [6.07, 6.45) is -0.501. The second-order valence-corrected chi connectivity index (χ2v) is 8.92. The summed E-state index contributed by atoms with van der Waals surface area (Å²) in [7, 11) is 0. The number of rotatable bonds is 4. The van der Waals surface area contributed by atoms with E-state index >= 15 is 4.39 Å². The fraction of sp³-hybridized carbons (Fsp3) is 0.440. The zero-order chi connectivity index (χ0) is 24.0. The van der Waals surface area contributed by atoms with Gasteiger partial charge in [-0.1, -0.05) is 18.2 Å². The van der Waals surface area contributed by atoms with Gasteiger partial charge in [-0.3, -0.25) is 0 Å². The first-order valence-corrected chi connectivity index (χ1v) is 11.3. The first kappa shape index (κ1) is 22.7. The predicted octanol–water partition coefficient (Wildman–Crippen LogP) is 5.55. The molecule has 9 heteroatoms. The van der Waals surface area contributed by atoms with Crippen LogP contribution in [-0.2, 0) is 4.74 Å². The van der Waals surface area contributed by atoms with E-state index in [1.54, 1.807) is 38.1 Å². The van der Waals surface area contributed by atoms with Crippen LogP contribution in [0.25, 0.3) is 10.9 Å². The second kappa shape index (κ2) is 8.61. The molecule has 1 aromatic heterocycles. The normalized spacial score (nSPS) is 22.4. The minimum atomic E-state index is -2.84. The Morgan fingerprint density at radius 3 is 2.71 bits per heavy atom. The van der Waals surface area contributed by atoms with Crippen LogP contribution < -0.4 is 14.8 Å². The first-order valence-electron chi connectivity index (χ1n) is 11.3. The van der Waals surface area contributed by atoms with E-state index in [0.29, 0.717) is 59.4 Å². The van der Waals surface area contributed by atoms with Gasteiger partial charge in [-0.2, -0.15) is 0 Å². The highest BCUT2D eigenvalue weighted by molar-refractivity contribution is 5.92. The number of aromatic nitrogens is 2. The van der Waals surface area contributed by atoms with Crippen molar-refractivity contribution in [2.45, 2.75) is 51.2 Å². The molecular weight excluding hydrogens is 447 g/mol. The fourth-order valence-corrected chi connectivity index (χ4v) is 4.28. The molecule has 1 aliphatic carbocycles. The first-order chi connectivity index (χ1) is 16.2. The molecule has 1 saturated carbocycles. The maximum absolute atomic E-state index is 15.2. The van der Waals surface area contributed by atoms with Gasteiger partial charge in [0.25, 0.3) is 5.92 Å². The van der Waals surface area contributed by atoms with E-state index in [0.717, 1.165) is 0 Å². The fourth-order valence-electron chi connectivity index (χ4n) is 4.28. The number of hydrogen-bond acceptors (Lipinski definition) is 6. The predicted molar refractivity (Wildman–Crippen MR) is 121 cm³/mol. The van der Waals surface area contributed by atoms with Gasteiger partial charge in [-0.05, 0) is 32.4 Å². The van der Waals surface area contributed by atoms with Gasteiger partial charge in [0.05, 0.1) is 30.7 Å². The lowest BCUT2D eigenvalue weighted by Gasteiger charge is -2.20. The SMILES string of the molecule is Cc1nc(NC(C)c2cccc(C3CC3(F)F)c2F)c2cc3c(cc2n1)OCCOC[C@H](C)O3. The van der Waals surface area contributed by atoms with Gasteiger partial charge in [0, 0.05) is 23.4 Å². The van der Waals surface area contributed by atoms with Gasteiger partial charge in [-0.25, -0.2) is 23.1 Å². The number of benzene rings is 2. The number of nitrogens with one attached hydrogen (secondary N) is 1. The summed E-state index contributed by atoms with van der Waals surface area (Å²) < 4.78 is 59.7. The Kier molecular flexibility index (Phi) is 5.75. The second-order valence-electron chi connectivity index (χ2n) is 8.92. The van der Waals surface area contributed by atoms with Gasteiger partial charge < -0.3 is 19.5 Å². The number of fused-ring (bicyclic) bond motifs is 2. The Hall–Kier alpha value is -3.07. The molecule has 180 valence electrons. The van der Waals surface area contributed by atoms with Crippen LogP contribution in [0.15, 0.2) is 30.3 Å². The Morgan fingerprint density at radius 1 is 1.15 bits per heavy atom. The van der Waals surface area contributed by atoms with Gasteiger partial charge >= 0.3 is 0 Å². The summed E-state index contributed by atoms with van der Waals surface area (Å²) in [5, 5.41) is 3.93. The lowest BCUT2D eigenvalue weighted by atomic mass is 10.0.